The second kappa shape index (κ2) is 4.41. The van der Waals surface area contributed by atoms with E-state index in [1.807, 2.05) is 39.0 Å². The quantitative estimate of drug-likeness (QED) is 0.804. The number of nitrogens with zero attached hydrogens (tertiary/aromatic N) is 2. The largest absolute Gasteiger partial charge is 0.437 e. The lowest BCUT2D eigenvalue weighted by Gasteiger charge is -2.10. The molecule has 0 saturated heterocycles. The summed E-state index contributed by atoms with van der Waals surface area (Å²) < 4.78 is 5.67. The third kappa shape index (κ3) is 2.53. The molecule has 1 aromatic carbocycles. The maximum Gasteiger partial charge on any atom is 0.239 e. The number of ether oxygens (including phenoxy) is 1. The Balaban J connectivity index is 2.33. The van der Waals surface area contributed by atoms with Gasteiger partial charge in [0.2, 0.25) is 5.88 Å². The van der Waals surface area contributed by atoms with Crippen molar-refractivity contribution < 1.29 is 4.74 Å². The highest BCUT2D eigenvalue weighted by Crippen LogP contribution is 2.28. The maximum atomic E-state index is 5.86. The van der Waals surface area contributed by atoms with Crippen LogP contribution in [0.2, 0.25) is 0 Å². The molecule has 2 rings (SSSR count). The Kier molecular flexibility index (Phi) is 2.95. The van der Waals surface area contributed by atoms with Crippen LogP contribution in [0.1, 0.15) is 16.7 Å². The van der Waals surface area contributed by atoms with Crippen LogP contribution in [-0.2, 0) is 0 Å². The van der Waals surface area contributed by atoms with E-state index in [0.717, 1.165) is 16.7 Å². The highest BCUT2D eigenvalue weighted by atomic mass is 16.5. The number of hydrogen-bond donors (Lipinski definition) is 1. The van der Waals surface area contributed by atoms with Crippen LogP contribution in [0.3, 0.4) is 0 Å². The Bertz CT molecular complexity index is 552. The predicted molar refractivity (Wildman–Crippen MR) is 67.2 cm³/mol. The van der Waals surface area contributed by atoms with Crippen LogP contribution in [0.5, 0.6) is 11.6 Å². The summed E-state index contributed by atoms with van der Waals surface area (Å²) in [5.74, 6) is 1.20. The molecule has 88 valence electrons. The second-order valence-electron chi connectivity index (χ2n) is 4.15. The van der Waals surface area contributed by atoms with Gasteiger partial charge < -0.3 is 10.5 Å². The lowest BCUT2D eigenvalue weighted by atomic mass is 10.1. The Labute approximate surface area is 100 Å². The average molecular weight is 229 g/mol. The number of nitrogen functional groups attached to an aromatic ring is 1. The van der Waals surface area contributed by atoms with E-state index in [1.165, 1.54) is 0 Å². The minimum atomic E-state index is 0.483. The molecule has 17 heavy (non-hydrogen) atoms. The molecule has 2 aromatic rings. The Morgan fingerprint density at radius 1 is 1.06 bits per heavy atom. The van der Waals surface area contributed by atoms with Gasteiger partial charge in [-0.25, -0.2) is 0 Å². The fraction of sp³-hybridized carbons (Fsp3) is 0.231. The summed E-state index contributed by atoms with van der Waals surface area (Å²) >= 11 is 0. The number of aromatic nitrogens is 2. The molecule has 0 saturated carbocycles. The third-order valence-electron chi connectivity index (χ3n) is 2.55. The van der Waals surface area contributed by atoms with Crippen LogP contribution in [0.4, 0.5) is 5.69 Å². The Morgan fingerprint density at radius 3 is 2.53 bits per heavy atom. The van der Waals surface area contributed by atoms with E-state index >= 15 is 0 Å². The molecule has 0 aliphatic heterocycles. The normalized spacial score (nSPS) is 10.3. The minimum absolute atomic E-state index is 0.483. The van der Waals surface area contributed by atoms with Gasteiger partial charge in [-0.3, -0.25) is 0 Å². The van der Waals surface area contributed by atoms with Crippen molar-refractivity contribution in [3.63, 3.8) is 0 Å². The molecule has 4 heteroatoms. The molecule has 0 bridgehead atoms. The zero-order chi connectivity index (χ0) is 12.4. The van der Waals surface area contributed by atoms with Crippen molar-refractivity contribution in [1.82, 2.24) is 10.2 Å². The lowest BCUT2D eigenvalue weighted by molar-refractivity contribution is 0.451. The number of rotatable bonds is 2. The highest BCUT2D eigenvalue weighted by molar-refractivity contribution is 5.54. The number of hydrogen-bond acceptors (Lipinski definition) is 4. The van der Waals surface area contributed by atoms with Crippen molar-refractivity contribution >= 4 is 5.69 Å². The first-order chi connectivity index (χ1) is 8.06. The molecule has 0 radical (unpaired) electrons. The van der Waals surface area contributed by atoms with Crippen molar-refractivity contribution in [3.05, 3.63) is 41.1 Å². The van der Waals surface area contributed by atoms with Crippen molar-refractivity contribution in [3.8, 4) is 11.6 Å². The molecule has 0 unspecified atom stereocenters. The summed E-state index contributed by atoms with van der Waals surface area (Å²) in [6, 6.07) is 5.64. The van der Waals surface area contributed by atoms with Gasteiger partial charge >= 0.3 is 0 Å². The molecule has 4 nitrogen and oxygen atoms in total. The van der Waals surface area contributed by atoms with Gasteiger partial charge in [-0.15, -0.1) is 5.10 Å². The van der Waals surface area contributed by atoms with Crippen LogP contribution < -0.4 is 10.5 Å². The van der Waals surface area contributed by atoms with Crippen LogP contribution in [0, 0.1) is 20.8 Å². The summed E-state index contributed by atoms with van der Waals surface area (Å²) in [6.45, 7) is 5.89. The van der Waals surface area contributed by atoms with Crippen LogP contribution in [0.25, 0.3) is 0 Å². The summed E-state index contributed by atoms with van der Waals surface area (Å²) in [5, 5.41) is 7.76. The topological polar surface area (TPSA) is 61.0 Å². The summed E-state index contributed by atoms with van der Waals surface area (Å²) in [5.41, 5.74) is 9.65. The Hall–Kier alpha value is -2.10. The third-order valence-corrected chi connectivity index (χ3v) is 2.55. The van der Waals surface area contributed by atoms with Gasteiger partial charge in [-0.2, -0.15) is 5.10 Å². The van der Waals surface area contributed by atoms with Crippen LogP contribution in [-0.4, -0.2) is 10.2 Å². The number of anilines is 1. The van der Waals surface area contributed by atoms with Crippen molar-refractivity contribution in [2.45, 2.75) is 20.8 Å². The predicted octanol–water partition coefficient (Wildman–Crippen LogP) is 2.78. The van der Waals surface area contributed by atoms with Crippen LogP contribution >= 0.6 is 0 Å². The van der Waals surface area contributed by atoms with Gasteiger partial charge in [-0.05, 0) is 37.5 Å². The van der Waals surface area contributed by atoms with Gasteiger partial charge in [0, 0.05) is 17.8 Å². The molecule has 1 heterocycles. The van der Waals surface area contributed by atoms with E-state index < -0.39 is 0 Å². The molecule has 0 fully saturated rings. The molecular formula is C13H15N3O. The fourth-order valence-corrected chi connectivity index (χ4v) is 1.56. The molecule has 0 spiro atoms. The smallest absolute Gasteiger partial charge is 0.239 e. The van der Waals surface area contributed by atoms with E-state index in [1.54, 1.807) is 6.20 Å². The first kappa shape index (κ1) is 11.4. The summed E-state index contributed by atoms with van der Waals surface area (Å²) in [6.07, 6.45) is 1.68. The number of aryl methyl sites for hydroxylation is 3. The number of nitrogens with two attached hydrogens (primary N) is 1. The zero-order valence-corrected chi connectivity index (χ0v) is 10.2. The van der Waals surface area contributed by atoms with Gasteiger partial charge in [0.25, 0.3) is 0 Å². The lowest BCUT2D eigenvalue weighted by Crippen LogP contribution is -1.96. The minimum Gasteiger partial charge on any atom is -0.437 e. The molecule has 0 atom stereocenters. The molecular weight excluding hydrogens is 214 g/mol. The van der Waals surface area contributed by atoms with Crippen molar-refractivity contribution in [2.75, 3.05) is 5.73 Å². The van der Waals surface area contributed by atoms with Crippen molar-refractivity contribution in [2.24, 2.45) is 0 Å². The molecule has 0 aliphatic rings. The molecule has 0 aliphatic carbocycles. The van der Waals surface area contributed by atoms with Gasteiger partial charge in [0.05, 0.1) is 6.20 Å². The Morgan fingerprint density at radius 2 is 1.82 bits per heavy atom. The van der Waals surface area contributed by atoms with E-state index in [-0.39, 0.29) is 0 Å². The first-order valence-electron chi connectivity index (χ1n) is 5.40. The maximum absolute atomic E-state index is 5.86. The van der Waals surface area contributed by atoms with E-state index in [9.17, 15) is 0 Å². The first-order valence-corrected chi connectivity index (χ1v) is 5.40. The van der Waals surface area contributed by atoms with E-state index in [0.29, 0.717) is 17.3 Å². The SMILES string of the molecule is Cc1cnnc(Oc2cc(N)c(C)cc2C)c1. The molecule has 2 N–H and O–H groups in total. The summed E-state index contributed by atoms with van der Waals surface area (Å²) in [4.78, 5) is 0. The van der Waals surface area contributed by atoms with Gasteiger partial charge in [0.1, 0.15) is 5.75 Å². The average Bonchev–Trinajstić information content (AvgIpc) is 2.26. The van der Waals surface area contributed by atoms with Gasteiger partial charge in [0.15, 0.2) is 0 Å². The second-order valence-corrected chi connectivity index (χ2v) is 4.15. The van der Waals surface area contributed by atoms with Crippen molar-refractivity contribution in [1.29, 1.82) is 0 Å². The van der Waals surface area contributed by atoms with E-state index in [4.69, 9.17) is 10.5 Å². The molecule has 1 aromatic heterocycles. The monoisotopic (exact) mass is 229 g/mol. The van der Waals surface area contributed by atoms with Gasteiger partial charge in [-0.1, -0.05) is 6.07 Å². The molecule has 0 amide bonds. The van der Waals surface area contributed by atoms with Crippen LogP contribution in [0.15, 0.2) is 24.4 Å². The number of benzene rings is 1. The highest BCUT2D eigenvalue weighted by Gasteiger charge is 2.06. The standard InChI is InChI=1S/C13H15N3O/c1-8-4-13(16-15-7-8)17-12-6-11(14)9(2)5-10(12)3/h4-7H,14H2,1-3H3. The summed E-state index contributed by atoms with van der Waals surface area (Å²) in [7, 11) is 0. The van der Waals surface area contributed by atoms with E-state index in [2.05, 4.69) is 10.2 Å². The zero-order valence-electron chi connectivity index (χ0n) is 10.2. The fourth-order valence-electron chi connectivity index (χ4n) is 1.56.